The third-order valence-electron chi connectivity index (χ3n) is 2.84. The molecule has 0 unspecified atom stereocenters. The molecule has 0 aromatic rings. The fourth-order valence-corrected chi connectivity index (χ4v) is 1.98. The van der Waals surface area contributed by atoms with Crippen molar-refractivity contribution in [1.82, 2.24) is 5.32 Å². The molecule has 0 bridgehead atoms. The first-order chi connectivity index (χ1) is 6.20. The molecular weight excluding hydrogens is 166 g/mol. The highest BCUT2D eigenvalue weighted by atomic mass is 16.5. The van der Waals surface area contributed by atoms with Gasteiger partial charge >= 0.3 is 0 Å². The number of ether oxygens (including phenoxy) is 1. The van der Waals surface area contributed by atoms with E-state index >= 15 is 0 Å². The molecule has 76 valence electrons. The number of carbonyl (C=O) groups is 1. The van der Waals surface area contributed by atoms with Gasteiger partial charge < -0.3 is 10.1 Å². The Hall–Kier alpha value is -0.570. The Bertz CT molecular complexity index is 162. The first-order valence-corrected chi connectivity index (χ1v) is 5.04. The molecule has 13 heavy (non-hydrogen) atoms. The molecule has 1 N–H and O–H groups in total. The lowest BCUT2D eigenvalue weighted by molar-refractivity contribution is -0.111. The van der Waals surface area contributed by atoms with E-state index in [9.17, 15) is 4.79 Å². The summed E-state index contributed by atoms with van der Waals surface area (Å²) < 4.78 is 5.68. The van der Waals surface area contributed by atoms with E-state index in [1.54, 1.807) is 0 Å². The second-order valence-corrected chi connectivity index (χ2v) is 3.94. The van der Waals surface area contributed by atoms with Gasteiger partial charge in [-0.2, -0.15) is 0 Å². The Morgan fingerprint density at radius 2 is 2.15 bits per heavy atom. The molecule has 3 heteroatoms. The maximum absolute atomic E-state index is 10.2. The first kappa shape index (κ1) is 10.5. The molecule has 1 aliphatic carbocycles. The van der Waals surface area contributed by atoms with E-state index in [0.29, 0.717) is 6.04 Å². The van der Waals surface area contributed by atoms with E-state index in [1.807, 2.05) is 6.92 Å². The van der Waals surface area contributed by atoms with E-state index in [2.05, 4.69) is 12.2 Å². The van der Waals surface area contributed by atoms with Crippen LogP contribution in [0.2, 0.25) is 0 Å². The normalized spacial score (nSPS) is 34.2. The third kappa shape index (κ3) is 2.99. The Labute approximate surface area is 79.8 Å². The van der Waals surface area contributed by atoms with Crippen LogP contribution < -0.4 is 5.32 Å². The highest BCUT2D eigenvalue weighted by molar-refractivity contribution is 5.46. The summed E-state index contributed by atoms with van der Waals surface area (Å²) >= 11 is 0. The summed E-state index contributed by atoms with van der Waals surface area (Å²) in [6.07, 6.45) is 4.97. The summed E-state index contributed by atoms with van der Waals surface area (Å²) in [7, 11) is 0. The number of nitrogens with one attached hydrogen (secondary N) is 1. The summed E-state index contributed by atoms with van der Waals surface area (Å²) in [5, 5.41) is 2.83. The van der Waals surface area contributed by atoms with Crippen molar-refractivity contribution in [2.24, 2.45) is 0 Å². The Morgan fingerprint density at radius 1 is 1.54 bits per heavy atom. The summed E-state index contributed by atoms with van der Waals surface area (Å²) in [5.41, 5.74) is 0.0514. The lowest BCUT2D eigenvalue weighted by Crippen LogP contribution is -2.40. The van der Waals surface area contributed by atoms with E-state index in [4.69, 9.17) is 4.74 Å². The van der Waals surface area contributed by atoms with Crippen LogP contribution in [0.5, 0.6) is 0 Å². The zero-order valence-electron chi connectivity index (χ0n) is 8.51. The van der Waals surface area contributed by atoms with Crippen LogP contribution in [0, 0.1) is 0 Å². The number of hydrogen-bond acceptors (Lipinski definition) is 2. The van der Waals surface area contributed by atoms with Crippen molar-refractivity contribution in [3.05, 3.63) is 0 Å². The second kappa shape index (κ2) is 4.61. The van der Waals surface area contributed by atoms with Gasteiger partial charge in [-0.3, -0.25) is 4.79 Å². The van der Waals surface area contributed by atoms with Gasteiger partial charge in [0.1, 0.15) is 0 Å². The number of carbonyl (C=O) groups excluding carboxylic acids is 1. The minimum absolute atomic E-state index is 0.0514. The Morgan fingerprint density at radius 3 is 2.62 bits per heavy atom. The number of hydrogen-bond donors (Lipinski definition) is 1. The molecule has 0 spiro atoms. The molecule has 0 aliphatic heterocycles. The van der Waals surface area contributed by atoms with Crippen molar-refractivity contribution < 1.29 is 9.53 Å². The molecule has 0 aromatic heterocycles. The van der Waals surface area contributed by atoms with E-state index in [0.717, 1.165) is 38.7 Å². The molecule has 1 fully saturated rings. The van der Waals surface area contributed by atoms with Crippen LogP contribution >= 0.6 is 0 Å². The van der Waals surface area contributed by atoms with E-state index in [1.165, 1.54) is 0 Å². The second-order valence-electron chi connectivity index (χ2n) is 3.94. The maximum Gasteiger partial charge on any atom is 0.207 e. The van der Waals surface area contributed by atoms with Crippen LogP contribution in [0.4, 0.5) is 0 Å². The maximum atomic E-state index is 10.2. The van der Waals surface area contributed by atoms with Gasteiger partial charge in [-0.25, -0.2) is 0 Å². The highest BCUT2D eigenvalue weighted by Crippen LogP contribution is 2.30. The fraction of sp³-hybridized carbons (Fsp3) is 0.900. The van der Waals surface area contributed by atoms with Gasteiger partial charge in [0.25, 0.3) is 0 Å². The minimum atomic E-state index is 0.0514. The van der Waals surface area contributed by atoms with Gasteiger partial charge in [0.05, 0.1) is 5.60 Å². The van der Waals surface area contributed by atoms with Gasteiger partial charge in [0.2, 0.25) is 6.41 Å². The Kier molecular flexibility index (Phi) is 3.72. The standard InChI is InChI=1S/C10H19NO2/c1-3-13-10(2)6-4-9(5-7-10)11-8-12/h8-9H,3-7H2,1-2H3,(H,11,12). The van der Waals surface area contributed by atoms with E-state index in [-0.39, 0.29) is 5.60 Å². The fourth-order valence-electron chi connectivity index (χ4n) is 1.98. The van der Waals surface area contributed by atoms with E-state index < -0.39 is 0 Å². The zero-order valence-corrected chi connectivity index (χ0v) is 8.51. The molecule has 0 radical (unpaired) electrons. The van der Waals surface area contributed by atoms with Crippen LogP contribution in [0.15, 0.2) is 0 Å². The summed E-state index contributed by atoms with van der Waals surface area (Å²) in [4.78, 5) is 10.2. The number of rotatable bonds is 4. The molecule has 0 heterocycles. The zero-order chi connectivity index (χ0) is 9.73. The molecule has 1 aliphatic rings. The van der Waals surface area contributed by atoms with Crippen LogP contribution in [0.1, 0.15) is 39.5 Å². The Balaban J connectivity index is 2.32. The molecule has 1 rings (SSSR count). The molecule has 0 aromatic carbocycles. The van der Waals surface area contributed by atoms with Crippen molar-refractivity contribution in [1.29, 1.82) is 0 Å². The SMILES string of the molecule is CCOC1(C)CCC(NC=O)CC1. The molecule has 3 nitrogen and oxygen atoms in total. The summed E-state index contributed by atoms with van der Waals surface area (Å²) in [6, 6.07) is 0.367. The minimum Gasteiger partial charge on any atom is -0.376 e. The van der Waals surface area contributed by atoms with Crippen molar-refractivity contribution in [2.75, 3.05) is 6.61 Å². The predicted molar refractivity (Wildman–Crippen MR) is 51.5 cm³/mol. The van der Waals surface area contributed by atoms with Gasteiger partial charge in [-0.1, -0.05) is 0 Å². The topological polar surface area (TPSA) is 38.3 Å². The predicted octanol–water partition coefficient (Wildman–Crippen LogP) is 1.47. The van der Waals surface area contributed by atoms with Crippen LogP contribution in [0.3, 0.4) is 0 Å². The quantitative estimate of drug-likeness (QED) is 0.673. The van der Waals surface area contributed by atoms with Crippen LogP contribution in [-0.4, -0.2) is 24.7 Å². The van der Waals surface area contributed by atoms with Gasteiger partial charge in [0.15, 0.2) is 0 Å². The van der Waals surface area contributed by atoms with Crippen LogP contribution in [-0.2, 0) is 9.53 Å². The van der Waals surface area contributed by atoms with Crippen molar-refractivity contribution >= 4 is 6.41 Å². The molecular formula is C10H19NO2. The first-order valence-electron chi connectivity index (χ1n) is 5.04. The average Bonchev–Trinajstić information content (AvgIpc) is 2.10. The lowest BCUT2D eigenvalue weighted by atomic mass is 9.83. The van der Waals surface area contributed by atoms with Crippen molar-refractivity contribution in [3.63, 3.8) is 0 Å². The monoisotopic (exact) mass is 185 g/mol. The molecule has 1 amide bonds. The lowest BCUT2D eigenvalue weighted by Gasteiger charge is -2.36. The summed E-state index contributed by atoms with van der Waals surface area (Å²) in [6.45, 7) is 4.97. The third-order valence-corrected chi connectivity index (χ3v) is 2.84. The summed E-state index contributed by atoms with van der Waals surface area (Å²) in [5.74, 6) is 0. The van der Waals surface area contributed by atoms with Crippen LogP contribution in [0.25, 0.3) is 0 Å². The van der Waals surface area contributed by atoms with Crippen molar-refractivity contribution in [2.45, 2.75) is 51.2 Å². The van der Waals surface area contributed by atoms with Crippen molar-refractivity contribution in [3.8, 4) is 0 Å². The van der Waals surface area contributed by atoms with Gasteiger partial charge in [-0.15, -0.1) is 0 Å². The largest absolute Gasteiger partial charge is 0.376 e. The highest BCUT2D eigenvalue weighted by Gasteiger charge is 2.30. The smallest absolute Gasteiger partial charge is 0.207 e. The van der Waals surface area contributed by atoms with Gasteiger partial charge in [0, 0.05) is 12.6 Å². The van der Waals surface area contributed by atoms with Gasteiger partial charge in [-0.05, 0) is 39.5 Å². The molecule has 1 saturated carbocycles. The molecule has 0 saturated heterocycles. The molecule has 0 atom stereocenters. The number of amides is 1. The average molecular weight is 185 g/mol.